The summed E-state index contributed by atoms with van der Waals surface area (Å²) in [4.78, 5) is 0. The van der Waals surface area contributed by atoms with E-state index in [1.54, 1.807) is 0 Å². The summed E-state index contributed by atoms with van der Waals surface area (Å²) >= 11 is 0. The predicted octanol–water partition coefficient (Wildman–Crippen LogP) is 11.8. The summed E-state index contributed by atoms with van der Waals surface area (Å²) < 4.78 is 11.6. The van der Waals surface area contributed by atoms with Gasteiger partial charge in [0.05, 0.1) is 25.4 Å². The fraction of sp³-hybridized carbons (Fsp3) is 0.900. The van der Waals surface area contributed by atoms with E-state index in [0.717, 1.165) is 26.1 Å². The van der Waals surface area contributed by atoms with Gasteiger partial charge >= 0.3 is 0 Å². The molecule has 4 nitrogen and oxygen atoms in total. The number of aliphatic hydroxyl groups excluding tert-OH is 1. The Morgan fingerprint density at radius 3 is 1.00 bits per heavy atom. The highest BCUT2D eigenvalue weighted by atomic mass is 16.5. The predicted molar refractivity (Wildman–Crippen MR) is 195 cm³/mol. The molecule has 0 aromatic heterocycles. The van der Waals surface area contributed by atoms with Crippen LogP contribution in [0.4, 0.5) is 0 Å². The quantitative estimate of drug-likeness (QED) is 0.0535. The van der Waals surface area contributed by atoms with Crippen LogP contribution in [0.3, 0.4) is 0 Å². The number of aliphatic hydroxyl groups is 1. The summed E-state index contributed by atoms with van der Waals surface area (Å²) in [7, 11) is 0. The van der Waals surface area contributed by atoms with Crippen LogP contribution in [0.5, 0.6) is 0 Å². The molecule has 0 spiro atoms. The average Bonchev–Trinajstić information content (AvgIpc) is 3.03. The number of hydrogen-bond donors (Lipinski definition) is 2. The zero-order chi connectivity index (χ0) is 32.1. The fourth-order valence-electron chi connectivity index (χ4n) is 5.59. The standard InChI is InChI=1S/C40H79NO3/c1-3-5-7-9-11-13-15-17-19-21-23-25-27-29-31-33-35-43-38-40(41,37-42)39-44-36-34-32-30-28-26-24-22-20-18-16-14-12-10-8-6-4-2/h17-20,42H,3-16,21-39,41H2,1-2H3. The number of ether oxygens (including phenoxy) is 2. The van der Waals surface area contributed by atoms with Gasteiger partial charge in [0.15, 0.2) is 0 Å². The molecule has 44 heavy (non-hydrogen) atoms. The zero-order valence-corrected chi connectivity index (χ0v) is 30.0. The molecule has 0 heterocycles. The van der Waals surface area contributed by atoms with E-state index < -0.39 is 5.54 Å². The van der Waals surface area contributed by atoms with Gasteiger partial charge in [0, 0.05) is 13.2 Å². The van der Waals surface area contributed by atoms with E-state index in [0.29, 0.717) is 13.2 Å². The molecular weight excluding hydrogens is 542 g/mol. The first-order chi connectivity index (χ1) is 21.7. The maximum absolute atomic E-state index is 9.78. The Labute approximate surface area is 276 Å². The number of hydrogen-bond acceptors (Lipinski definition) is 4. The van der Waals surface area contributed by atoms with E-state index in [-0.39, 0.29) is 6.61 Å². The third-order valence-corrected chi connectivity index (χ3v) is 8.69. The van der Waals surface area contributed by atoms with E-state index in [1.165, 1.54) is 167 Å². The summed E-state index contributed by atoms with van der Waals surface area (Å²) in [6.45, 7) is 6.61. The Balaban J connectivity index is 3.44. The molecule has 0 aromatic rings. The second-order valence-corrected chi connectivity index (χ2v) is 13.5. The molecule has 0 amide bonds. The van der Waals surface area contributed by atoms with Crippen LogP contribution >= 0.6 is 0 Å². The monoisotopic (exact) mass is 622 g/mol. The van der Waals surface area contributed by atoms with Gasteiger partial charge in [-0.05, 0) is 64.2 Å². The first-order valence-corrected chi connectivity index (χ1v) is 19.5. The molecule has 4 heteroatoms. The Bertz CT molecular complexity index is 545. The molecule has 0 aromatic carbocycles. The summed E-state index contributed by atoms with van der Waals surface area (Å²) in [5.41, 5.74) is 5.54. The van der Waals surface area contributed by atoms with Crippen LogP contribution in [0.1, 0.15) is 194 Å². The minimum absolute atomic E-state index is 0.103. The molecule has 0 aliphatic carbocycles. The van der Waals surface area contributed by atoms with Crippen LogP contribution in [0.15, 0.2) is 24.3 Å². The molecule has 0 aliphatic heterocycles. The third kappa shape index (κ3) is 34.2. The van der Waals surface area contributed by atoms with Crippen molar-refractivity contribution in [3.05, 3.63) is 24.3 Å². The highest BCUT2D eigenvalue weighted by Gasteiger charge is 2.24. The van der Waals surface area contributed by atoms with Crippen LogP contribution in [0.25, 0.3) is 0 Å². The second kappa shape index (κ2) is 36.8. The van der Waals surface area contributed by atoms with E-state index in [4.69, 9.17) is 15.2 Å². The number of allylic oxidation sites excluding steroid dienone is 4. The van der Waals surface area contributed by atoms with Gasteiger partial charge < -0.3 is 20.3 Å². The topological polar surface area (TPSA) is 64.7 Å². The number of nitrogens with two attached hydrogens (primary N) is 1. The summed E-state index contributed by atoms with van der Waals surface area (Å²) in [5.74, 6) is 0. The first kappa shape index (κ1) is 43.3. The molecule has 0 aliphatic rings. The Hall–Kier alpha value is -0.680. The lowest BCUT2D eigenvalue weighted by Crippen LogP contribution is -2.52. The second-order valence-electron chi connectivity index (χ2n) is 13.5. The molecule has 0 radical (unpaired) electrons. The van der Waals surface area contributed by atoms with Crippen LogP contribution in [0, 0.1) is 0 Å². The van der Waals surface area contributed by atoms with Crippen molar-refractivity contribution < 1.29 is 14.6 Å². The van der Waals surface area contributed by atoms with Gasteiger partial charge in [0.25, 0.3) is 0 Å². The van der Waals surface area contributed by atoms with Crippen molar-refractivity contribution in [2.75, 3.05) is 33.0 Å². The summed E-state index contributed by atoms with van der Waals surface area (Å²) in [6.07, 6.45) is 46.2. The molecule has 0 fully saturated rings. The van der Waals surface area contributed by atoms with Crippen LogP contribution < -0.4 is 5.73 Å². The van der Waals surface area contributed by atoms with E-state index in [9.17, 15) is 5.11 Å². The maximum atomic E-state index is 9.78. The van der Waals surface area contributed by atoms with Gasteiger partial charge in [-0.15, -0.1) is 0 Å². The van der Waals surface area contributed by atoms with Crippen LogP contribution in [-0.2, 0) is 9.47 Å². The molecule has 0 saturated carbocycles. The maximum Gasteiger partial charge on any atom is 0.0862 e. The normalized spacial score (nSPS) is 13.5. The zero-order valence-electron chi connectivity index (χ0n) is 30.0. The van der Waals surface area contributed by atoms with Crippen molar-refractivity contribution in [2.24, 2.45) is 5.73 Å². The van der Waals surface area contributed by atoms with Crippen molar-refractivity contribution in [1.82, 2.24) is 0 Å². The van der Waals surface area contributed by atoms with E-state index in [2.05, 4.69) is 38.2 Å². The highest BCUT2D eigenvalue weighted by molar-refractivity contribution is 4.83. The van der Waals surface area contributed by atoms with Crippen LogP contribution in [0.2, 0.25) is 0 Å². The van der Waals surface area contributed by atoms with Crippen molar-refractivity contribution in [2.45, 2.75) is 199 Å². The van der Waals surface area contributed by atoms with Gasteiger partial charge in [-0.2, -0.15) is 0 Å². The average molecular weight is 622 g/mol. The Morgan fingerprint density at radius 1 is 0.432 bits per heavy atom. The molecule has 0 saturated heterocycles. The smallest absolute Gasteiger partial charge is 0.0862 e. The molecule has 0 unspecified atom stereocenters. The van der Waals surface area contributed by atoms with E-state index >= 15 is 0 Å². The lowest BCUT2D eigenvalue weighted by Gasteiger charge is -2.26. The van der Waals surface area contributed by atoms with Gasteiger partial charge in [-0.1, -0.05) is 154 Å². The highest BCUT2D eigenvalue weighted by Crippen LogP contribution is 2.12. The third-order valence-electron chi connectivity index (χ3n) is 8.69. The fourth-order valence-corrected chi connectivity index (χ4v) is 5.59. The molecular formula is C40H79NO3. The molecule has 3 N–H and O–H groups in total. The molecule has 0 rings (SSSR count). The minimum Gasteiger partial charge on any atom is -0.394 e. The minimum atomic E-state index is -0.787. The first-order valence-electron chi connectivity index (χ1n) is 19.5. The largest absolute Gasteiger partial charge is 0.394 e. The van der Waals surface area contributed by atoms with Gasteiger partial charge in [-0.25, -0.2) is 0 Å². The van der Waals surface area contributed by atoms with Gasteiger partial charge in [0.2, 0.25) is 0 Å². The van der Waals surface area contributed by atoms with Crippen LogP contribution in [-0.4, -0.2) is 43.7 Å². The van der Waals surface area contributed by atoms with Gasteiger partial charge in [0.1, 0.15) is 0 Å². The summed E-state index contributed by atoms with van der Waals surface area (Å²) in [6, 6.07) is 0. The number of rotatable bonds is 37. The van der Waals surface area contributed by atoms with Crippen molar-refractivity contribution in [3.63, 3.8) is 0 Å². The van der Waals surface area contributed by atoms with E-state index in [1.807, 2.05) is 0 Å². The summed E-state index contributed by atoms with van der Waals surface area (Å²) in [5, 5.41) is 9.78. The molecule has 0 bridgehead atoms. The number of unbranched alkanes of at least 4 members (excludes halogenated alkanes) is 24. The Morgan fingerprint density at radius 2 is 0.705 bits per heavy atom. The van der Waals surface area contributed by atoms with Crippen molar-refractivity contribution in [3.8, 4) is 0 Å². The lowest BCUT2D eigenvalue weighted by molar-refractivity contribution is -0.00366. The molecule has 0 atom stereocenters. The van der Waals surface area contributed by atoms with Crippen molar-refractivity contribution >= 4 is 0 Å². The SMILES string of the molecule is CCCCCCCCC=CCCCCCCCCOCC(N)(CO)COCCCCCCCCC=CCCCCCCCC. The molecule has 262 valence electrons. The van der Waals surface area contributed by atoms with Crippen molar-refractivity contribution in [1.29, 1.82) is 0 Å². The van der Waals surface area contributed by atoms with Gasteiger partial charge in [-0.3, -0.25) is 0 Å². The Kier molecular flexibility index (Phi) is 36.2. The lowest BCUT2D eigenvalue weighted by atomic mass is 10.1.